The molecule has 4 N–H and O–H groups in total. The SMILES string of the molecule is Cc1[nH]nc2ccc(-c3nnc(NC[C@@H](N)[C@@H](C)c4ccccc4)s3)cc12. The van der Waals surface area contributed by atoms with Crippen molar-refractivity contribution in [3.05, 3.63) is 59.8 Å². The largest absolute Gasteiger partial charge is 0.358 e. The number of nitrogens with two attached hydrogens (primary N) is 1. The molecule has 27 heavy (non-hydrogen) atoms. The average Bonchev–Trinajstić information content (AvgIpc) is 3.33. The molecule has 0 radical (unpaired) electrons. The molecule has 0 aliphatic carbocycles. The molecular weight excluding hydrogens is 356 g/mol. The molecule has 0 bridgehead atoms. The Balaban J connectivity index is 1.44. The van der Waals surface area contributed by atoms with Gasteiger partial charge in [0.15, 0.2) is 0 Å². The molecule has 2 atom stereocenters. The van der Waals surface area contributed by atoms with Crippen LogP contribution in [0.2, 0.25) is 0 Å². The summed E-state index contributed by atoms with van der Waals surface area (Å²) in [5, 5.41) is 22.0. The number of nitrogens with zero attached hydrogens (tertiary/aromatic N) is 3. The molecule has 0 amide bonds. The minimum absolute atomic E-state index is 0.00956. The van der Waals surface area contributed by atoms with Crippen molar-refractivity contribution >= 4 is 27.4 Å². The molecule has 2 aromatic carbocycles. The van der Waals surface area contributed by atoms with E-state index in [1.165, 1.54) is 16.9 Å². The lowest BCUT2D eigenvalue weighted by Crippen LogP contribution is -2.34. The van der Waals surface area contributed by atoms with Crippen molar-refractivity contribution in [1.29, 1.82) is 0 Å². The number of nitrogens with one attached hydrogen (secondary N) is 2. The Morgan fingerprint density at radius 3 is 2.78 bits per heavy atom. The third-order valence-electron chi connectivity index (χ3n) is 4.87. The van der Waals surface area contributed by atoms with Crippen LogP contribution in [0.1, 0.15) is 24.1 Å². The Morgan fingerprint density at radius 2 is 1.96 bits per heavy atom. The fraction of sp³-hybridized carbons (Fsp3) is 0.250. The summed E-state index contributed by atoms with van der Waals surface area (Å²) in [6.07, 6.45) is 0. The van der Waals surface area contributed by atoms with Gasteiger partial charge in [-0.15, -0.1) is 10.2 Å². The molecule has 0 saturated heterocycles. The highest BCUT2D eigenvalue weighted by molar-refractivity contribution is 7.18. The number of anilines is 1. The molecule has 0 fully saturated rings. The Morgan fingerprint density at radius 1 is 1.15 bits per heavy atom. The number of fused-ring (bicyclic) bond motifs is 1. The summed E-state index contributed by atoms with van der Waals surface area (Å²) < 4.78 is 0. The molecule has 0 aliphatic heterocycles. The van der Waals surface area contributed by atoms with E-state index in [2.05, 4.69) is 50.8 Å². The van der Waals surface area contributed by atoms with E-state index in [0.717, 1.165) is 32.3 Å². The number of H-pyrrole nitrogens is 1. The first-order valence-corrected chi connectivity index (χ1v) is 9.76. The van der Waals surface area contributed by atoms with Crippen LogP contribution in [0.3, 0.4) is 0 Å². The summed E-state index contributed by atoms with van der Waals surface area (Å²) in [7, 11) is 0. The van der Waals surface area contributed by atoms with Crippen molar-refractivity contribution < 1.29 is 0 Å². The van der Waals surface area contributed by atoms with Crippen molar-refractivity contribution in [2.45, 2.75) is 25.8 Å². The van der Waals surface area contributed by atoms with E-state index in [9.17, 15) is 0 Å². The first-order chi connectivity index (χ1) is 13.1. The summed E-state index contributed by atoms with van der Waals surface area (Å²) in [5.74, 6) is 0.262. The van der Waals surface area contributed by atoms with Gasteiger partial charge < -0.3 is 11.1 Å². The monoisotopic (exact) mass is 378 g/mol. The molecule has 2 aromatic heterocycles. The van der Waals surface area contributed by atoms with Crippen molar-refractivity contribution in [3.8, 4) is 10.6 Å². The number of rotatable bonds is 6. The first-order valence-electron chi connectivity index (χ1n) is 8.95. The second-order valence-electron chi connectivity index (χ2n) is 6.74. The molecule has 0 unspecified atom stereocenters. The van der Waals surface area contributed by atoms with Gasteiger partial charge in [0, 0.05) is 29.2 Å². The third-order valence-corrected chi connectivity index (χ3v) is 5.80. The topological polar surface area (TPSA) is 92.5 Å². The number of hydrogen-bond acceptors (Lipinski definition) is 6. The van der Waals surface area contributed by atoms with E-state index in [1.807, 2.05) is 37.3 Å². The average molecular weight is 379 g/mol. The van der Waals surface area contributed by atoms with Crippen molar-refractivity contribution in [3.63, 3.8) is 0 Å². The van der Waals surface area contributed by atoms with E-state index in [-0.39, 0.29) is 12.0 Å². The van der Waals surface area contributed by atoms with Crippen LogP contribution < -0.4 is 11.1 Å². The van der Waals surface area contributed by atoms with E-state index in [0.29, 0.717) is 6.54 Å². The number of aryl methyl sites for hydroxylation is 1. The highest BCUT2D eigenvalue weighted by Crippen LogP contribution is 2.29. The molecule has 4 rings (SSSR count). The van der Waals surface area contributed by atoms with Gasteiger partial charge in [0.25, 0.3) is 0 Å². The number of aromatic amines is 1. The summed E-state index contributed by atoms with van der Waals surface area (Å²) in [6, 6.07) is 16.4. The Kier molecular flexibility index (Phi) is 4.87. The highest BCUT2D eigenvalue weighted by Gasteiger charge is 2.16. The van der Waals surface area contributed by atoms with Crippen LogP contribution in [0.15, 0.2) is 48.5 Å². The number of aromatic nitrogens is 4. The normalized spacial score (nSPS) is 13.6. The van der Waals surface area contributed by atoms with Gasteiger partial charge in [-0.25, -0.2) is 0 Å². The van der Waals surface area contributed by atoms with E-state index >= 15 is 0 Å². The summed E-state index contributed by atoms with van der Waals surface area (Å²) in [5.41, 5.74) is 10.7. The molecule has 2 heterocycles. The van der Waals surface area contributed by atoms with Crippen LogP contribution in [0, 0.1) is 6.92 Å². The lowest BCUT2D eigenvalue weighted by atomic mass is 9.94. The summed E-state index contributed by atoms with van der Waals surface area (Å²) in [4.78, 5) is 0. The quantitative estimate of drug-likeness (QED) is 0.473. The number of hydrogen-bond donors (Lipinski definition) is 3. The Hall–Kier alpha value is -2.77. The Bertz CT molecular complexity index is 1040. The maximum Gasteiger partial charge on any atom is 0.206 e. The standard InChI is InChI=1S/C20H22N6S/c1-12(14-6-4-3-5-7-14)17(21)11-22-20-26-25-19(27-20)15-8-9-18-16(10-15)13(2)23-24-18/h3-10,12,17H,11,21H2,1-2H3,(H,22,26)(H,23,24)/t12-,17+/m0/s1. The van der Waals surface area contributed by atoms with Gasteiger partial charge in [0.1, 0.15) is 5.01 Å². The predicted octanol–water partition coefficient (Wildman–Crippen LogP) is 3.93. The molecule has 4 aromatic rings. The van der Waals surface area contributed by atoms with Crippen LogP contribution in [-0.4, -0.2) is 33.0 Å². The minimum Gasteiger partial charge on any atom is -0.358 e. The van der Waals surface area contributed by atoms with Gasteiger partial charge in [-0.3, -0.25) is 5.10 Å². The molecule has 0 spiro atoms. The minimum atomic E-state index is -0.00956. The maximum atomic E-state index is 6.37. The molecule has 0 aliphatic rings. The van der Waals surface area contributed by atoms with Crippen LogP contribution in [0.25, 0.3) is 21.5 Å². The molecule has 7 heteroatoms. The van der Waals surface area contributed by atoms with Gasteiger partial charge in [-0.2, -0.15) is 5.10 Å². The van der Waals surface area contributed by atoms with E-state index in [1.54, 1.807) is 0 Å². The molecule has 6 nitrogen and oxygen atoms in total. The van der Waals surface area contributed by atoms with Crippen LogP contribution in [0.5, 0.6) is 0 Å². The van der Waals surface area contributed by atoms with Crippen molar-refractivity contribution in [1.82, 2.24) is 20.4 Å². The second kappa shape index (κ2) is 7.46. The lowest BCUT2D eigenvalue weighted by molar-refractivity contribution is 0.589. The zero-order valence-corrected chi connectivity index (χ0v) is 16.1. The van der Waals surface area contributed by atoms with Crippen LogP contribution in [0.4, 0.5) is 5.13 Å². The van der Waals surface area contributed by atoms with Crippen molar-refractivity contribution in [2.24, 2.45) is 5.73 Å². The molecular formula is C20H22N6S. The first kappa shape index (κ1) is 17.6. The molecule has 138 valence electrons. The van der Waals surface area contributed by atoms with E-state index < -0.39 is 0 Å². The van der Waals surface area contributed by atoms with Gasteiger partial charge in [-0.1, -0.05) is 48.6 Å². The fourth-order valence-electron chi connectivity index (χ4n) is 3.07. The Labute approximate surface area is 161 Å². The van der Waals surface area contributed by atoms with Gasteiger partial charge in [0.2, 0.25) is 5.13 Å². The summed E-state index contributed by atoms with van der Waals surface area (Å²) >= 11 is 1.53. The fourth-order valence-corrected chi connectivity index (χ4v) is 3.82. The van der Waals surface area contributed by atoms with Gasteiger partial charge in [0.05, 0.1) is 5.52 Å². The summed E-state index contributed by atoms with van der Waals surface area (Å²) in [6.45, 7) is 4.81. The van der Waals surface area contributed by atoms with Gasteiger partial charge in [-0.05, 0) is 36.6 Å². The number of benzene rings is 2. The van der Waals surface area contributed by atoms with E-state index in [4.69, 9.17) is 5.73 Å². The lowest BCUT2D eigenvalue weighted by Gasteiger charge is -2.20. The highest BCUT2D eigenvalue weighted by atomic mass is 32.1. The van der Waals surface area contributed by atoms with Gasteiger partial charge >= 0.3 is 0 Å². The van der Waals surface area contributed by atoms with Crippen LogP contribution >= 0.6 is 11.3 Å². The smallest absolute Gasteiger partial charge is 0.206 e. The van der Waals surface area contributed by atoms with Crippen molar-refractivity contribution in [2.75, 3.05) is 11.9 Å². The zero-order chi connectivity index (χ0) is 18.8. The van der Waals surface area contributed by atoms with Crippen LogP contribution in [-0.2, 0) is 0 Å². The third kappa shape index (κ3) is 3.70. The zero-order valence-electron chi connectivity index (χ0n) is 15.3. The predicted molar refractivity (Wildman–Crippen MR) is 111 cm³/mol. The molecule has 0 saturated carbocycles. The second-order valence-corrected chi connectivity index (χ2v) is 7.71. The maximum absolute atomic E-state index is 6.37.